The topological polar surface area (TPSA) is 151 Å². The van der Waals surface area contributed by atoms with Crippen molar-refractivity contribution in [1.29, 1.82) is 0 Å². The highest BCUT2D eigenvalue weighted by atomic mass is 16.6. The molecule has 0 N–H and O–H groups in total. The molecule has 56 heavy (non-hydrogen) atoms. The number of esters is 4. The summed E-state index contributed by atoms with van der Waals surface area (Å²) in [6, 6.07) is 16.4. The van der Waals surface area contributed by atoms with Gasteiger partial charge in [0, 0.05) is 30.1 Å². The van der Waals surface area contributed by atoms with E-state index in [0.29, 0.717) is 48.7 Å². The lowest BCUT2D eigenvalue weighted by atomic mass is 10.1. The Bertz CT molecular complexity index is 1460. The van der Waals surface area contributed by atoms with Gasteiger partial charge in [0.15, 0.2) is 12.2 Å². The molecule has 0 fully saturated rings. The Hall–Kier alpha value is -4.88. The normalized spacial score (nSPS) is 11.8. The Morgan fingerprint density at radius 3 is 1.62 bits per heavy atom. The predicted octanol–water partition coefficient (Wildman–Crippen LogP) is 7.15. The van der Waals surface area contributed by atoms with E-state index in [1.54, 1.807) is 31.2 Å². The first-order valence-corrected chi connectivity index (χ1v) is 19.3. The zero-order valence-corrected chi connectivity index (χ0v) is 33.3. The minimum Gasteiger partial charge on any atom is -0.491 e. The van der Waals surface area contributed by atoms with E-state index in [9.17, 15) is 19.2 Å². The molecule has 0 amide bonds. The van der Waals surface area contributed by atoms with Gasteiger partial charge < -0.3 is 42.6 Å². The maximum Gasteiger partial charge on any atom is 0.333 e. The average molecular weight is 785 g/mol. The molecular formula is C43H60O13. The average Bonchev–Trinajstić information content (AvgIpc) is 3.18. The Balaban J connectivity index is 1.71. The Morgan fingerprint density at radius 2 is 1.05 bits per heavy atom. The van der Waals surface area contributed by atoms with Crippen molar-refractivity contribution in [1.82, 2.24) is 0 Å². The van der Waals surface area contributed by atoms with Crippen molar-refractivity contribution in [3.05, 3.63) is 78.9 Å². The molecule has 0 aliphatic heterocycles. The highest BCUT2D eigenvalue weighted by molar-refractivity contribution is 5.87. The lowest BCUT2D eigenvalue weighted by molar-refractivity contribution is -0.161. The van der Waals surface area contributed by atoms with Gasteiger partial charge in [-0.3, -0.25) is 9.59 Å². The highest BCUT2D eigenvalue weighted by Crippen LogP contribution is 2.19. The van der Waals surface area contributed by atoms with Crippen LogP contribution in [0.15, 0.2) is 78.9 Å². The minimum absolute atomic E-state index is 0.00684. The van der Waals surface area contributed by atoms with E-state index in [-0.39, 0.29) is 70.8 Å². The molecule has 2 atom stereocenters. The number of rotatable bonds is 32. The number of hydrogen-bond acceptors (Lipinski definition) is 13. The Kier molecular flexibility index (Phi) is 24.8. The second kappa shape index (κ2) is 29.4. The van der Waals surface area contributed by atoms with Gasteiger partial charge in [-0.15, -0.1) is 0 Å². The van der Waals surface area contributed by atoms with Gasteiger partial charge in [-0.1, -0.05) is 70.0 Å². The molecule has 0 saturated heterocycles. The van der Waals surface area contributed by atoms with Gasteiger partial charge in [0.1, 0.15) is 43.7 Å². The van der Waals surface area contributed by atoms with Gasteiger partial charge in [0.25, 0.3) is 0 Å². The smallest absolute Gasteiger partial charge is 0.333 e. The van der Waals surface area contributed by atoms with E-state index < -0.39 is 30.1 Å². The molecule has 2 rings (SSSR count). The van der Waals surface area contributed by atoms with Crippen LogP contribution in [0.1, 0.15) is 78.6 Å². The quantitative estimate of drug-likeness (QED) is 0.0320. The van der Waals surface area contributed by atoms with Crippen LogP contribution in [0.2, 0.25) is 0 Å². The Morgan fingerprint density at radius 1 is 0.536 bits per heavy atom. The summed E-state index contributed by atoms with van der Waals surface area (Å²) in [5, 5.41) is 0. The predicted molar refractivity (Wildman–Crippen MR) is 210 cm³/mol. The molecule has 310 valence electrons. The van der Waals surface area contributed by atoms with Gasteiger partial charge in [-0.05, 0) is 57.4 Å². The summed E-state index contributed by atoms with van der Waals surface area (Å²) in [6.07, 6.45) is 4.75. The van der Waals surface area contributed by atoms with E-state index in [1.165, 1.54) is 6.92 Å². The third-order valence-corrected chi connectivity index (χ3v) is 7.77. The molecular weight excluding hydrogens is 724 g/mol. The third kappa shape index (κ3) is 23.1. The van der Waals surface area contributed by atoms with Crippen LogP contribution in [-0.4, -0.2) is 95.5 Å². The molecule has 0 aromatic heterocycles. The van der Waals surface area contributed by atoms with Gasteiger partial charge >= 0.3 is 23.9 Å². The lowest BCUT2D eigenvalue weighted by Gasteiger charge is -2.19. The number of unbranched alkanes of at least 4 members (excludes halogenated alkanes) is 5. The number of ether oxygens (including phenoxy) is 9. The van der Waals surface area contributed by atoms with E-state index in [4.69, 9.17) is 42.6 Å². The summed E-state index contributed by atoms with van der Waals surface area (Å²) >= 11 is 0. The second-order valence-corrected chi connectivity index (χ2v) is 13.1. The van der Waals surface area contributed by atoms with Crippen molar-refractivity contribution < 1.29 is 61.8 Å². The molecule has 0 aliphatic rings. The maximum atomic E-state index is 12.5. The van der Waals surface area contributed by atoms with Crippen LogP contribution in [0.5, 0.6) is 17.2 Å². The SMILES string of the molecule is C=C(C)C(=O)OCCCCCCC(=O)OC(COCCOc1cccc(OCCOCC(COc2ccccc2)OC(=O)CCCCC)c1)COC(=O)C(=C)C. The largest absolute Gasteiger partial charge is 0.491 e. The molecule has 0 saturated carbocycles. The first-order chi connectivity index (χ1) is 27.1. The summed E-state index contributed by atoms with van der Waals surface area (Å²) in [5.74, 6) is 0.113. The Labute approximate surface area is 331 Å². The van der Waals surface area contributed by atoms with Crippen molar-refractivity contribution in [2.75, 3.05) is 59.5 Å². The highest BCUT2D eigenvalue weighted by Gasteiger charge is 2.19. The molecule has 0 spiro atoms. The molecule has 0 bridgehead atoms. The summed E-state index contributed by atoms with van der Waals surface area (Å²) in [4.78, 5) is 48.2. The molecule has 0 aliphatic carbocycles. The maximum absolute atomic E-state index is 12.5. The standard InChI is InChI=1S/C43H60O13/c1-6-7-11-21-40(44)55-38(31-53-35-17-12-10-13-18-35)29-48-24-26-50-36-19-16-20-37(28-36)51-27-25-49-30-39(32-54-43(47)34(4)5)56-41(45)22-14-8-9-15-23-52-42(46)33(2)3/h10,12-13,16-20,28,38-39H,2,4,6-9,11,14-15,21-27,29-32H2,1,3,5H3. The number of hydrogen-bond donors (Lipinski definition) is 0. The second-order valence-electron chi connectivity index (χ2n) is 13.1. The molecule has 2 unspecified atom stereocenters. The first kappa shape index (κ1) is 47.3. The fourth-order valence-corrected chi connectivity index (χ4v) is 4.77. The fourth-order valence-electron chi connectivity index (χ4n) is 4.77. The van der Waals surface area contributed by atoms with Crippen molar-refractivity contribution in [3.8, 4) is 17.2 Å². The van der Waals surface area contributed by atoms with Crippen LogP contribution < -0.4 is 14.2 Å². The molecule has 2 aromatic carbocycles. The number of carbonyl (C=O) groups excluding carboxylic acids is 4. The summed E-state index contributed by atoms with van der Waals surface area (Å²) in [6.45, 7) is 13.7. The first-order valence-electron chi connectivity index (χ1n) is 19.3. The summed E-state index contributed by atoms with van der Waals surface area (Å²) in [5.41, 5.74) is 0.584. The van der Waals surface area contributed by atoms with Crippen molar-refractivity contribution in [2.24, 2.45) is 0 Å². The molecule has 2 aromatic rings. The van der Waals surface area contributed by atoms with Crippen LogP contribution in [0, 0.1) is 0 Å². The molecule has 0 heterocycles. The van der Waals surface area contributed by atoms with Crippen LogP contribution in [0.25, 0.3) is 0 Å². The van der Waals surface area contributed by atoms with Gasteiger partial charge in [0.05, 0.1) is 33.0 Å². The third-order valence-electron chi connectivity index (χ3n) is 7.77. The summed E-state index contributed by atoms with van der Waals surface area (Å²) in [7, 11) is 0. The van der Waals surface area contributed by atoms with E-state index in [2.05, 4.69) is 20.1 Å². The van der Waals surface area contributed by atoms with Gasteiger partial charge in [-0.25, -0.2) is 9.59 Å². The molecule has 13 nitrogen and oxygen atoms in total. The fraction of sp³-hybridized carbons (Fsp3) is 0.535. The van der Waals surface area contributed by atoms with Crippen molar-refractivity contribution in [3.63, 3.8) is 0 Å². The van der Waals surface area contributed by atoms with Gasteiger partial charge in [-0.2, -0.15) is 0 Å². The van der Waals surface area contributed by atoms with E-state index >= 15 is 0 Å². The summed E-state index contributed by atoms with van der Waals surface area (Å²) < 4.78 is 50.4. The van der Waals surface area contributed by atoms with E-state index in [0.717, 1.165) is 32.1 Å². The zero-order valence-electron chi connectivity index (χ0n) is 33.3. The number of carbonyl (C=O) groups is 4. The zero-order chi connectivity index (χ0) is 40.8. The van der Waals surface area contributed by atoms with Crippen LogP contribution in [0.4, 0.5) is 0 Å². The number of para-hydroxylation sites is 1. The van der Waals surface area contributed by atoms with Crippen LogP contribution >= 0.6 is 0 Å². The van der Waals surface area contributed by atoms with Crippen LogP contribution in [0.3, 0.4) is 0 Å². The van der Waals surface area contributed by atoms with Crippen molar-refractivity contribution >= 4 is 23.9 Å². The number of benzene rings is 2. The molecule has 13 heteroatoms. The van der Waals surface area contributed by atoms with Crippen LogP contribution in [-0.2, 0) is 47.6 Å². The van der Waals surface area contributed by atoms with Gasteiger partial charge in [0.2, 0.25) is 0 Å². The van der Waals surface area contributed by atoms with E-state index in [1.807, 2.05) is 30.3 Å². The monoisotopic (exact) mass is 784 g/mol. The van der Waals surface area contributed by atoms with Crippen molar-refractivity contribution in [2.45, 2.75) is 90.8 Å². The lowest BCUT2D eigenvalue weighted by Crippen LogP contribution is -2.30. The minimum atomic E-state index is -0.809. The molecule has 0 radical (unpaired) electrons.